The number of aromatic nitrogens is 2. The van der Waals surface area contributed by atoms with Crippen molar-refractivity contribution in [3.05, 3.63) is 46.7 Å². The molecule has 12 heteroatoms. The van der Waals surface area contributed by atoms with Crippen molar-refractivity contribution in [2.75, 3.05) is 36.6 Å². The molecule has 3 aromatic rings. The molecule has 1 N–H and O–H groups in total. The minimum absolute atomic E-state index is 0.0279. The summed E-state index contributed by atoms with van der Waals surface area (Å²) in [4.78, 5) is 48.9. The highest BCUT2D eigenvalue weighted by Gasteiger charge is 2.31. The van der Waals surface area contributed by atoms with Gasteiger partial charge in [-0.1, -0.05) is 29.0 Å². The predicted octanol–water partition coefficient (Wildman–Crippen LogP) is 5.66. The first-order valence-electron chi connectivity index (χ1n) is 13.5. The number of carbonyl (C=O) groups excluding carboxylic acids is 2. The Balaban J connectivity index is 1.41. The second-order valence-corrected chi connectivity index (χ2v) is 11.7. The maximum atomic E-state index is 15.4. The van der Waals surface area contributed by atoms with Crippen LogP contribution < -0.4 is 9.80 Å². The number of rotatable bonds is 9. The van der Waals surface area contributed by atoms with Crippen LogP contribution in [0.1, 0.15) is 38.5 Å². The van der Waals surface area contributed by atoms with E-state index in [0.29, 0.717) is 71.5 Å². The molecule has 9 nitrogen and oxygen atoms in total. The quantitative estimate of drug-likeness (QED) is 0.337. The van der Waals surface area contributed by atoms with E-state index in [4.69, 9.17) is 16.3 Å². The van der Waals surface area contributed by atoms with Gasteiger partial charge in [-0.3, -0.25) is 24.2 Å². The van der Waals surface area contributed by atoms with Gasteiger partial charge in [-0.05, 0) is 61.4 Å². The summed E-state index contributed by atoms with van der Waals surface area (Å²) in [5.41, 5.74) is 1.77. The van der Waals surface area contributed by atoms with E-state index in [0.717, 1.165) is 19.3 Å². The van der Waals surface area contributed by atoms with Crippen LogP contribution in [0.5, 0.6) is 0 Å². The summed E-state index contributed by atoms with van der Waals surface area (Å²) in [5, 5.41) is 9.36. The van der Waals surface area contributed by atoms with E-state index in [-0.39, 0.29) is 29.1 Å². The Kier molecular flexibility index (Phi) is 8.96. The normalized spacial score (nSPS) is 16.7. The Morgan fingerprint density at radius 3 is 2.68 bits per heavy atom. The molecule has 2 aliphatic heterocycles. The SMILES string of the molecule is CN(C(=O)[C@@H](CC(=O)O)CC1CCOCC1)c1nc(-c2cc(Cl)ccc2-c2ccc(N3CCCC3=O)nc2)c(F)s1. The van der Waals surface area contributed by atoms with Gasteiger partial charge in [0.05, 0.1) is 6.42 Å². The van der Waals surface area contributed by atoms with Crippen molar-refractivity contribution < 1.29 is 28.6 Å². The van der Waals surface area contributed by atoms with Gasteiger partial charge in [0.2, 0.25) is 16.9 Å². The maximum absolute atomic E-state index is 15.4. The van der Waals surface area contributed by atoms with E-state index in [1.54, 1.807) is 35.4 Å². The minimum Gasteiger partial charge on any atom is -0.481 e. The van der Waals surface area contributed by atoms with E-state index in [1.165, 1.54) is 11.9 Å². The molecular formula is C29H30ClFN4O5S. The topological polar surface area (TPSA) is 113 Å². The third-order valence-electron chi connectivity index (χ3n) is 7.57. The highest BCUT2D eigenvalue weighted by molar-refractivity contribution is 7.14. The first-order valence-corrected chi connectivity index (χ1v) is 14.7. The third kappa shape index (κ3) is 6.58. The van der Waals surface area contributed by atoms with Crippen LogP contribution in [0.4, 0.5) is 15.3 Å². The number of hydrogen-bond acceptors (Lipinski definition) is 7. The van der Waals surface area contributed by atoms with Crippen LogP contribution in [0, 0.1) is 17.0 Å². The Hall–Kier alpha value is -3.41. The summed E-state index contributed by atoms with van der Waals surface area (Å²) in [5.74, 6) is -1.46. The molecule has 41 heavy (non-hydrogen) atoms. The lowest BCUT2D eigenvalue weighted by molar-refractivity contribution is -0.141. The minimum atomic E-state index is -1.06. The van der Waals surface area contributed by atoms with E-state index < -0.39 is 22.9 Å². The molecule has 216 valence electrons. The van der Waals surface area contributed by atoms with E-state index in [1.807, 2.05) is 6.07 Å². The number of carbonyl (C=O) groups is 3. The van der Waals surface area contributed by atoms with Crippen LogP contribution in [0.25, 0.3) is 22.4 Å². The molecule has 2 aliphatic rings. The van der Waals surface area contributed by atoms with Gasteiger partial charge in [0.1, 0.15) is 11.5 Å². The molecule has 2 aromatic heterocycles. The van der Waals surface area contributed by atoms with Crippen LogP contribution in [-0.4, -0.2) is 59.7 Å². The number of thiazole rings is 1. The zero-order chi connectivity index (χ0) is 29.1. The zero-order valence-corrected chi connectivity index (χ0v) is 24.1. The van der Waals surface area contributed by atoms with Gasteiger partial charge in [0.25, 0.3) is 0 Å². The van der Waals surface area contributed by atoms with Gasteiger partial charge in [-0.25, -0.2) is 9.97 Å². The highest BCUT2D eigenvalue weighted by atomic mass is 35.5. The van der Waals surface area contributed by atoms with Crippen molar-refractivity contribution in [1.29, 1.82) is 0 Å². The first kappa shape index (κ1) is 29.1. The summed E-state index contributed by atoms with van der Waals surface area (Å²) < 4.78 is 20.8. The molecule has 4 heterocycles. The number of carboxylic acid groups (broad SMARTS) is 1. The lowest BCUT2D eigenvalue weighted by Gasteiger charge is -2.27. The van der Waals surface area contributed by atoms with Crippen LogP contribution in [0.2, 0.25) is 5.02 Å². The number of pyridine rings is 1. The molecule has 0 bridgehead atoms. The number of aliphatic carboxylic acids is 1. The van der Waals surface area contributed by atoms with Gasteiger partial charge < -0.3 is 9.84 Å². The van der Waals surface area contributed by atoms with Crippen molar-refractivity contribution in [3.63, 3.8) is 0 Å². The summed E-state index contributed by atoms with van der Waals surface area (Å²) in [7, 11) is 1.49. The average molecular weight is 601 g/mol. The van der Waals surface area contributed by atoms with Gasteiger partial charge in [0, 0.05) is 61.5 Å². The summed E-state index contributed by atoms with van der Waals surface area (Å²) in [6.07, 6.45) is 4.56. The van der Waals surface area contributed by atoms with Crippen molar-refractivity contribution in [1.82, 2.24) is 9.97 Å². The number of amides is 2. The van der Waals surface area contributed by atoms with Gasteiger partial charge >= 0.3 is 5.97 Å². The zero-order valence-electron chi connectivity index (χ0n) is 22.5. The van der Waals surface area contributed by atoms with E-state index >= 15 is 4.39 Å². The van der Waals surface area contributed by atoms with Gasteiger partial charge in [-0.2, -0.15) is 4.39 Å². The molecule has 5 rings (SSSR count). The standard InChI is InChI=1S/C29H30ClFN4O5S/c1-34(28(39)19(14-25(37)38)13-17-8-11-40-12-9-17)29-33-26(27(31)41-29)22-15-20(30)5-6-21(22)18-4-7-23(32-16-18)35-10-2-3-24(35)36/h4-7,15-17,19H,2-3,8-14H2,1H3,(H,37,38)/t19-/m1/s1. The van der Waals surface area contributed by atoms with Crippen LogP contribution in [0.3, 0.4) is 0 Å². The average Bonchev–Trinajstić information content (AvgIpc) is 3.57. The molecule has 1 atom stereocenters. The molecule has 2 amide bonds. The van der Waals surface area contributed by atoms with Crippen LogP contribution in [0.15, 0.2) is 36.5 Å². The van der Waals surface area contributed by atoms with Crippen LogP contribution in [-0.2, 0) is 19.1 Å². The molecule has 0 radical (unpaired) electrons. The second kappa shape index (κ2) is 12.6. The smallest absolute Gasteiger partial charge is 0.304 e. The maximum Gasteiger partial charge on any atom is 0.304 e. The highest BCUT2D eigenvalue weighted by Crippen LogP contribution is 2.39. The number of ether oxygens (including phenoxy) is 1. The third-order valence-corrected chi connectivity index (χ3v) is 8.72. The Labute approximate surface area is 245 Å². The molecule has 0 saturated carbocycles. The van der Waals surface area contributed by atoms with Gasteiger partial charge in [0.15, 0.2) is 5.13 Å². The summed E-state index contributed by atoms with van der Waals surface area (Å²) in [6.45, 7) is 1.80. The summed E-state index contributed by atoms with van der Waals surface area (Å²) in [6, 6.07) is 8.61. The van der Waals surface area contributed by atoms with Crippen molar-refractivity contribution in [2.24, 2.45) is 11.8 Å². The molecule has 2 fully saturated rings. The fourth-order valence-corrected chi connectivity index (χ4v) is 6.34. The Bertz CT molecular complexity index is 1440. The molecular weight excluding hydrogens is 571 g/mol. The molecule has 1 aromatic carbocycles. The molecule has 2 saturated heterocycles. The van der Waals surface area contributed by atoms with Crippen molar-refractivity contribution in [3.8, 4) is 22.4 Å². The number of anilines is 2. The molecule has 0 aliphatic carbocycles. The lowest BCUT2D eigenvalue weighted by Crippen LogP contribution is -2.35. The Morgan fingerprint density at radius 1 is 1.24 bits per heavy atom. The molecule has 0 spiro atoms. The fraction of sp³-hybridized carbons (Fsp3) is 0.414. The first-order chi connectivity index (χ1) is 19.7. The Morgan fingerprint density at radius 2 is 2.02 bits per heavy atom. The van der Waals surface area contributed by atoms with Crippen molar-refractivity contribution in [2.45, 2.75) is 38.5 Å². The molecule has 0 unspecified atom stereocenters. The number of nitrogens with zero attached hydrogens (tertiary/aromatic N) is 4. The second-order valence-electron chi connectivity index (χ2n) is 10.3. The number of hydrogen-bond donors (Lipinski definition) is 1. The number of benzene rings is 1. The predicted molar refractivity (Wildman–Crippen MR) is 155 cm³/mol. The van der Waals surface area contributed by atoms with Crippen LogP contribution >= 0.6 is 22.9 Å². The number of carboxylic acids is 1. The van der Waals surface area contributed by atoms with Gasteiger partial charge in [-0.15, -0.1) is 0 Å². The fourth-order valence-electron chi connectivity index (χ4n) is 5.39. The van der Waals surface area contributed by atoms with Crippen molar-refractivity contribution >= 4 is 51.7 Å². The lowest BCUT2D eigenvalue weighted by atomic mass is 9.86. The summed E-state index contributed by atoms with van der Waals surface area (Å²) >= 11 is 7.01. The monoisotopic (exact) mass is 600 g/mol. The largest absolute Gasteiger partial charge is 0.481 e. The van der Waals surface area contributed by atoms with E-state index in [2.05, 4.69) is 9.97 Å². The van der Waals surface area contributed by atoms with E-state index in [9.17, 15) is 19.5 Å². The number of halogens is 2.